The van der Waals surface area contributed by atoms with E-state index in [2.05, 4.69) is 0 Å². The smallest absolute Gasteiger partial charge is 0.143 e. The molecule has 0 amide bonds. The summed E-state index contributed by atoms with van der Waals surface area (Å²) in [7, 11) is 1.64. The molecule has 1 aromatic rings. The Morgan fingerprint density at radius 3 is 2.93 bits per heavy atom. The lowest BCUT2D eigenvalue weighted by Gasteiger charge is -2.03. The van der Waals surface area contributed by atoms with Gasteiger partial charge in [-0.1, -0.05) is 13.0 Å². The summed E-state index contributed by atoms with van der Waals surface area (Å²) in [6.07, 6.45) is 1.61. The van der Waals surface area contributed by atoms with Crippen molar-refractivity contribution in [3.05, 3.63) is 24.3 Å². The molecule has 0 aliphatic carbocycles. The lowest BCUT2D eigenvalue weighted by molar-refractivity contribution is -0.116. The lowest BCUT2D eigenvalue weighted by Crippen LogP contribution is -1.99. The largest absolute Gasteiger partial charge is 0.497 e. The molecule has 1 rings (SSSR count). The number of benzene rings is 1. The average molecular weight is 224 g/mol. The summed E-state index contributed by atoms with van der Waals surface area (Å²) in [4.78, 5) is 12.4. The van der Waals surface area contributed by atoms with Crippen LogP contribution in [0.3, 0.4) is 0 Å². The van der Waals surface area contributed by atoms with Crippen molar-refractivity contribution in [2.24, 2.45) is 0 Å². The standard InChI is InChI=1S/C12H16O2S/c1-3-5-10(13)9-15-12-7-4-6-11(8-12)14-2/h4,6-8H,3,5,9H2,1-2H3. The highest BCUT2D eigenvalue weighted by Crippen LogP contribution is 2.22. The van der Waals surface area contributed by atoms with Crippen molar-refractivity contribution in [3.63, 3.8) is 0 Å². The maximum Gasteiger partial charge on any atom is 0.143 e. The van der Waals surface area contributed by atoms with E-state index in [-0.39, 0.29) is 0 Å². The van der Waals surface area contributed by atoms with Gasteiger partial charge >= 0.3 is 0 Å². The second-order valence-corrected chi connectivity index (χ2v) is 4.31. The summed E-state index contributed by atoms with van der Waals surface area (Å²) in [5.41, 5.74) is 0. The van der Waals surface area contributed by atoms with E-state index in [1.807, 2.05) is 31.2 Å². The number of carbonyl (C=O) groups excluding carboxylic acids is 1. The van der Waals surface area contributed by atoms with Crippen LogP contribution in [-0.4, -0.2) is 18.6 Å². The second kappa shape index (κ2) is 6.51. The zero-order valence-corrected chi connectivity index (χ0v) is 9.97. The summed E-state index contributed by atoms with van der Waals surface area (Å²) >= 11 is 1.57. The molecule has 0 heterocycles. The molecule has 0 unspecified atom stereocenters. The number of carbonyl (C=O) groups is 1. The molecule has 1 aromatic carbocycles. The van der Waals surface area contributed by atoms with E-state index < -0.39 is 0 Å². The monoisotopic (exact) mass is 224 g/mol. The van der Waals surface area contributed by atoms with Crippen molar-refractivity contribution >= 4 is 17.5 Å². The van der Waals surface area contributed by atoms with Crippen molar-refractivity contribution in [2.75, 3.05) is 12.9 Å². The predicted molar refractivity (Wildman–Crippen MR) is 63.6 cm³/mol. The summed E-state index contributed by atoms with van der Waals surface area (Å²) in [6, 6.07) is 7.78. The van der Waals surface area contributed by atoms with Crippen LogP contribution in [0.1, 0.15) is 19.8 Å². The van der Waals surface area contributed by atoms with Gasteiger partial charge in [-0.2, -0.15) is 0 Å². The molecule has 0 atom stereocenters. The van der Waals surface area contributed by atoms with Gasteiger partial charge in [-0.3, -0.25) is 4.79 Å². The molecule has 0 aliphatic rings. The summed E-state index contributed by atoms with van der Waals surface area (Å²) in [5.74, 6) is 1.70. The Labute approximate surface area is 95.0 Å². The van der Waals surface area contributed by atoms with Crippen molar-refractivity contribution in [1.29, 1.82) is 0 Å². The molecular formula is C12H16O2S. The first-order valence-corrected chi connectivity index (χ1v) is 6.03. The third kappa shape index (κ3) is 4.38. The molecule has 0 radical (unpaired) electrons. The minimum Gasteiger partial charge on any atom is -0.497 e. The van der Waals surface area contributed by atoms with E-state index in [4.69, 9.17) is 4.74 Å². The number of hydrogen-bond acceptors (Lipinski definition) is 3. The van der Waals surface area contributed by atoms with Crippen LogP contribution in [0.4, 0.5) is 0 Å². The van der Waals surface area contributed by atoms with Crippen molar-refractivity contribution in [3.8, 4) is 5.75 Å². The number of Topliss-reactive ketones (excluding diaryl/α,β-unsaturated/α-hetero) is 1. The number of ketones is 1. The van der Waals surface area contributed by atoms with E-state index in [0.717, 1.165) is 17.1 Å². The van der Waals surface area contributed by atoms with Crippen LogP contribution in [0.5, 0.6) is 5.75 Å². The molecule has 15 heavy (non-hydrogen) atoms. The van der Waals surface area contributed by atoms with Gasteiger partial charge in [-0.25, -0.2) is 0 Å². The third-order valence-corrected chi connectivity index (χ3v) is 3.02. The highest BCUT2D eigenvalue weighted by Gasteiger charge is 2.02. The summed E-state index contributed by atoms with van der Waals surface area (Å²) in [5, 5.41) is 0. The zero-order valence-electron chi connectivity index (χ0n) is 9.16. The fourth-order valence-corrected chi connectivity index (χ4v) is 2.05. The molecule has 0 saturated carbocycles. The van der Waals surface area contributed by atoms with Gasteiger partial charge in [-0.15, -0.1) is 11.8 Å². The second-order valence-electron chi connectivity index (χ2n) is 3.26. The molecular weight excluding hydrogens is 208 g/mol. The molecule has 0 N–H and O–H groups in total. The van der Waals surface area contributed by atoms with Crippen molar-refractivity contribution < 1.29 is 9.53 Å². The van der Waals surface area contributed by atoms with Gasteiger partial charge in [-0.05, 0) is 24.6 Å². The van der Waals surface area contributed by atoms with Crippen LogP contribution >= 0.6 is 11.8 Å². The molecule has 0 saturated heterocycles. The van der Waals surface area contributed by atoms with Gasteiger partial charge in [0.15, 0.2) is 0 Å². The normalized spacial score (nSPS) is 10.0. The maximum absolute atomic E-state index is 11.3. The Morgan fingerprint density at radius 1 is 1.47 bits per heavy atom. The number of hydrogen-bond donors (Lipinski definition) is 0. The number of thioether (sulfide) groups is 1. The number of rotatable bonds is 6. The third-order valence-electron chi connectivity index (χ3n) is 1.97. The highest BCUT2D eigenvalue weighted by atomic mass is 32.2. The van der Waals surface area contributed by atoms with Crippen molar-refractivity contribution in [2.45, 2.75) is 24.7 Å². The first-order valence-electron chi connectivity index (χ1n) is 5.04. The Bertz CT molecular complexity index is 323. The number of methoxy groups -OCH3 is 1. The maximum atomic E-state index is 11.3. The van der Waals surface area contributed by atoms with Crippen LogP contribution < -0.4 is 4.74 Å². The van der Waals surface area contributed by atoms with E-state index in [1.54, 1.807) is 18.9 Å². The molecule has 3 heteroatoms. The molecule has 0 fully saturated rings. The Kier molecular flexibility index (Phi) is 5.26. The zero-order chi connectivity index (χ0) is 11.1. The lowest BCUT2D eigenvalue weighted by atomic mass is 10.3. The number of ether oxygens (including phenoxy) is 1. The molecule has 0 aromatic heterocycles. The quantitative estimate of drug-likeness (QED) is 0.694. The van der Waals surface area contributed by atoms with Crippen LogP contribution in [0, 0.1) is 0 Å². The average Bonchev–Trinajstić information content (AvgIpc) is 2.27. The molecule has 2 nitrogen and oxygen atoms in total. The van der Waals surface area contributed by atoms with E-state index >= 15 is 0 Å². The first kappa shape index (κ1) is 12.1. The SMILES string of the molecule is CCCC(=O)CSc1cccc(OC)c1. The van der Waals surface area contributed by atoms with Gasteiger partial charge in [0.2, 0.25) is 0 Å². The van der Waals surface area contributed by atoms with E-state index in [1.165, 1.54) is 0 Å². The fraction of sp³-hybridized carbons (Fsp3) is 0.417. The Balaban J connectivity index is 2.46. The van der Waals surface area contributed by atoms with Gasteiger partial charge in [0.1, 0.15) is 11.5 Å². The summed E-state index contributed by atoms with van der Waals surface area (Å²) < 4.78 is 5.11. The Hall–Kier alpha value is -0.960. The van der Waals surface area contributed by atoms with Crippen molar-refractivity contribution in [1.82, 2.24) is 0 Å². The molecule has 0 spiro atoms. The fourth-order valence-electron chi connectivity index (χ4n) is 1.21. The van der Waals surface area contributed by atoms with E-state index in [0.29, 0.717) is 18.0 Å². The van der Waals surface area contributed by atoms with Gasteiger partial charge in [0, 0.05) is 11.3 Å². The first-order chi connectivity index (χ1) is 7.26. The van der Waals surface area contributed by atoms with E-state index in [9.17, 15) is 4.79 Å². The molecule has 0 aliphatic heterocycles. The van der Waals surface area contributed by atoms with Gasteiger partial charge in [0.05, 0.1) is 12.9 Å². The Morgan fingerprint density at radius 2 is 2.27 bits per heavy atom. The summed E-state index contributed by atoms with van der Waals surface area (Å²) in [6.45, 7) is 2.02. The minimum atomic E-state index is 0.310. The highest BCUT2D eigenvalue weighted by molar-refractivity contribution is 8.00. The van der Waals surface area contributed by atoms with Gasteiger partial charge in [0.25, 0.3) is 0 Å². The molecule has 0 bridgehead atoms. The predicted octanol–water partition coefficient (Wildman–Crippen LogP) is 3.16. The molecule has 82 valence electrons. The van der Waals surface area contributed by atoms with Crippen LogP contribution in [0.15, 0.2) is 29.2 Å². The van der Waals surface area contributed by atoms with Crippen LogP contribution in [0.2, 0.25) is 0 Å². The van der Waals surface area contributed by atoms with Crippen LogP contribution in [-0.2, 0) is 4.79 Å². The minimum absolute atomic E-state index is 0.310. The van der Waals surface area contributed by atoms with Crippen LogP contribution in [0.25, 0.3) is 0 Å². The topological polar surface area (TPSA) is 26.3 Å². The van der Waals surface area contributed by atoms with Gasteiger partial charge < -0.3 is 4.74 Å².